The highest BCUT2D eigenvalue weighted by atomic mass is 16.6. The third-order valence-electron chi connectivity index (χ3n) is 4.92. The van der Waals surface area contributed by atoms with Crippen LogP contribution in [0.3, 0.4) is 0 Å². The largest absolute Gasteiger partial charge is 0.345 e. The van der Waals surface area contributed by atoms with Gasteiger partial charge in [-0.05, 0) is 30.7 Å². The molecule has 0 spiro atoms. The van der Waals surface area contributed by atoms with Crippen LogP contribution >= 0.6 is 0 Å². The van der Waals surface area contributed by atoms with Gasteiger partial charge in [-0.15, -0.1) is 0 Å². The predicted molar refractivity (Wildman–Crippen MR) is 114 cm³/mol. The van der Waals surface area contributed by atoms with Gasteiger partial charge in [0.1, 0.15) is 5.82 Å². The molecule has 0 bridgehead atoms. The number of non-ortho nitro benzene ring substituents is 1. The van der Waals surface area contributed by atoms with E-state index in [0.717, 1.165) is 22.4 Å². The topological polar surface area (TPSA) is 90.1 Å². The van der Waals surface area contributed by atoms with Crippen LogP contribution in [0.1, 0.15) is 27.3 Å². The van der Waals surface area contributed by atoms with Crippen LogP contribution in [-0.2, 0) is 13.1 Å². The maximum absolute atomic E-state index is 12.5. The van der Waals surface area contributed by atoms with Crippen LogP contribution in [0.15, 0.2) is 72.8 Å². The van der Waals surface area contributed by atoms with E-state index in [4.69, 9.17) is 0 Å². The Balaban J connectivity index is 1.59. The number of carbonyl (C=O) groups excluding carboxylic acids is 1. The number of nitrogens with one attached hydrogen (secondary N) is 1. The minimum Gasteiger partial charge on any atom is -0.345 e. The molecule has 0 fully saturated rings. The minimum atomic E-state index is -0.516. The Morgan fingerprint density at radius 1 is 1.07 bits per heavy atom. The lowest BCUT2D eigenvalue weighted by atomic mass is 10.1. The highest BCUT2D eigenvalue weighted by molar-refractivity contribution is 5.94. The van der Waals surface area contributed by atoms with E-state index in [2.05, 4.69) is 39.1 Å². The Bertz CT molecular complexity index is 1230. The number of amides is 1. The maximum Gasteiger partial charge on any atom is 0.270 e. The highest BCUT2D eigenvalue weighted by Gasteiger charge is 2.15. The van der Waals surface area contributed by atoms with E-state index in [1.165, 1.54) is 23.8 Å². The van der Waals surface area contributed by atoms with Crippen molar-refractivity contribution in [3.8, 4) is 0 Å². The van der Waals surface area contributed by atoms with Gasteiger partial charge in [-0.2, -0.15) is 0 Å². The van der Waals surface area contributed by atoms with E-state index in [9.17, 15) is 14.9 Å². The molecule has 0 radical (unpaired) electrons. The van der Waals surface area contributed by atoms with E-state index < -0.39 is 4.92 Å². The summed E-state index contributed by atoms with van der Waals surface area (Å²) >= 11 is 0. The second-order valence-electron chi connectivity index (χ2n) is 7.08. The van der Waals surface area contributed by atoms with E-state index in [1.807, 2.05) is 31.2 Å². The normalized spacial score (nSPS) is 10.8. The molecule has 7 heteroatoms. The average Bonchev–Trinajstić information content (AvgIpc) is 3.11. The number of nitrogens with zero attached hydrogens (tertiary/aromatic N) is 3. The molecule has 0 saturated heterocycles. The van der Waals surface area contributed by atoms with Crippen LogP contribution < -0.4 is 5.32 Å². The number of fused-ring (bicyclic) bond motifs is 1. The first-order valence-corrected chi connectivity index (χ1v) is 9.53. The molecule has 7 nitrogen and oxygen atoms in total. The summed E-state index contributed by atoms with van der Waals surface area (Å²) in [4.78, 5) is 27.7. The molecule has 4 aromatic rings. The van der Waals surface area contributed by atoms with Crippen LogP contribution in [0.5, 0.6) is 0 Å². The fraction of sp³-hybridized carbons (Fsp3) is 0.130. The molecule has 30 heavy (non-hydrogen) atoms. The summed E-state index contributed by atoms with van der Waals surface area (Å²) in [5, 5.41) is 13.8. The van der Waals surface area contributed by atoms with Crippen molar-refractivity contribution in [1.29, 1.82) is 0 Å². The predicted octanol–water partition coefficient (Wildman–Crippen LogP) is 4.23. The standard InChI is InChI=1S/C23H20N4O3/c1-16-9-11-17(12-10-16)15-26-21-8-3-2-7-20(21)25-22(26)14-24-23(28)18-5-4-6-19(13-18)27(29)30/h2-13H,14-15H2,1H3,(H,24,28). The molecule has 150 valence electrons. The Morgan fingerprint density at radius 3 is 2.60 bits per heavy atom. The lowest BCUT2D eigenvalue weighted by molar-refractivity contribution is -0.384. The van der Waals surface area contributed by atoms with Gasteiger partial charge in [0.15, 0.2) is 0 Å². The second-order valence-corrected chi connectivity index (χ2v) is 7.08. The summed E-state index contributed by atoms with van der Waals surface area (Å²) in [5.74, 6) is 0.336. The van der Waals surface area contributed by atoms with Crippen molar-refractivity contribution in [3.05, 3.63) is 105 Å². The number of aromatic nitrogens is 2. The molecule has 1 heterocycles. The third kappa shape index (κ3) is 4.05. The number of hydrogen-bond acceptors (Lipinski definition) is 4. The van der Waals surface area contributed by atoms with Crippen molar-refractivity contribution in [2.24, 2.45) is 0 Å². The zero-order valence-corrected chi connectivity index (χ0v) is 16.4. The lowest BCUT2D eigenvalue weighted by Crippen LogP contribution is -2.25. The fourth-order valence-electron chi connectivity index (χ4n) is 3.33. The van der Waals surface area contributed by atoms with Crippen molar-refractivity contribution >= 4 is 22.6 Å². The van der Waals surface area contributed by atoms with E-state index in [0.29, 0.717) is 6.54 Å². The number of nitro groups is 1. The first-order chi connectivity index (χ1) is 14.5. The number of benzene rings is 3. The quantitative estimate of drug-likeness (QED) is 0.387. The molecule has 0 saturated carbocycles. The Morgan fingerprint density at radius 2 is 1.83 bits per heavy atom. The monoisotopic (exact) mass is 400 g/mol. The minimum absolute atomic E-state index is 0.116. The molecule has 0 unspecified atom stereocenters. The van der Waals surface area contributed by atoms with E-state index in [1.54, 1.807) is 6.07 Å². The van der Waals surface area contributed by atoms with Gasteiger partial charge in [-0.1, -0.05) is 48.0 Å². The summed E-state index contributed by atoms with van der Waals surface area (Å²) in [6.45, 7) is 2.89. The number of nitro benzene ring substituents is 1. The van der Waals surface area contributed by atoms with Gasteiger partial charge in [0, 0.05) is 24.2 Å². The first-order valence-electron chi connectivity index (χ1n) is 9.53. The zero-order valence-electron chi connectivity index (χ0n) is 16.4. The number of aryl methyl sites for hydroxylation is 1. The van der Waals surface area contributed by atoms with Gasteiger partial charge < -0.3 is 9.88 Å². The van der Waals surface area contributed by atoms with Gasteiger partial charge in [-0.25, -0.2) is 4.98 Å². The number of para-hydroxylation sites is 2. The van der Waals surface area contributed by atoms with Crippen LogP contribution in [0, 0.1) is 17.0 Å². The van der Waals surface area contributed by atoms with Gasteiger partial charge in [0.2, 0.25) is 0 Å². The molecule has 0 aliphatic heterocycles. The summed E-state index contributed by atoms with van der Waals surface area (Å²) in [7, 11) is 0. The van der Waals surface area contributed by atoms with Crippen molar-refractivity contribution in [2.45, 2.75) is 20.0 Å². The van der Waals surface area contributed by atoms with Crippen LogP contribution in [-0.4, -0.2) is 20.4 Å². The molecule has 0 aliphatic rings. The Hall–Kier alpha value is -4.00. The van der Waals surface area contributed by atoms with Crippen molar-refractivity contribution in [1.82, 2.24) is 14.9 Å². The summed E-state index contributed by atoms with van der Waals surface area (Å²) in [5.41, 5.74) is 4.29. The van der Waals surface area contributed by atoms with Crippen LogP contribution in [0.25, 0.3) is 11.0 Å². The summed E-state index contributed by atoms with van der Waals surface area (Å²) < 4.78 is 2.08. The van der Waals surface area contributed by atoms with Crippen LogP contribution in [0.2, 0.25) is 0 Å². The molecule has 0 atom stereocenters. The van der Waals surface area contributed by atoms with Gasteiger partial charge in [-0.3, -0.25) is 14.9 Å². The van der Waals surface area contributed by atoms with Crippen molar-refractivity contribution in [2.75, 3.05) is 0 Å². The lowest BCUT2D eigenvalue weighted by Gasteiger charge is -2.11. The second kappa shape index (κ2) is 8.16. The third-order valence-corrected chi connectivity index (χ3v) is 4.92. The summed E-state index contributed by atoms with van der Waals surface area (Å²) in [6.07, 6.45) is 0. The van der Waals surface area contributed by atoms with Gasteiger partial charge >= 0.3 is 0 Å². The maximum atomic E-state index is 12.5. The highest BCUT2D eigenvalue weighted by Crippen LogP contribution is 2.19. The molecular formula is C23H20N4O3. The molecule has 1 aromatic heterocycles. The van der Waals surface area contributed by atoms with Crippen molar-refractivity contribution < 1.29 is 9.72 Å². The molecule has 4 rings (SSSR count). The Labute approximate surface area is 173 Å². The Kier molecular flexibility index (Phi) is 5.26. The van der Waals surface area contributed by atoms with Crippen molar-refractivity contribution in [3.63, 3.8) is 0 Å². The molecular weight excluding hydrogens is 380 g/mol. The van der Waals surface area contributed by atoms with Crippen LogP contribution in [0.4, 0.5) is 5.69 Å². The molecule has 0 aliphatic carbocycles. The fourth-order valence-corrected chi connectivity index (χ4v) is 3.33. The van der Waals surface area contributed by atoms with Gasteiger partial charge in [0.25, 0.3) is 11.6 Å². The smallest absolute Gasteiger partial charge is 0.270 e. The number of hydrogen-bond donors (Lipinski definition) is 1. The first kappa shape index (κ1) is 19.3. The zero-order chi connectivity index (χ0) is 21.1. The molecule has 1 amide bonds. The number of carbonyl (C=O) groups is 1. The molecule has 3 aromatic carbocycles. The molecule has 1 N–H and O–H groups in total. The SMILES string of the molecule is Cc1ccc(Cn2c(CNC(=O)c3cccc([N+](=O)[O-])c3)nc3ccccc32)cc1. The van der Waals surface area contributed by atoms with Gasteiger partial charge in [0.05, 0.1) is 22.5 Å². The van der Waals surface area contributed by atoms with E-state index >= 15 is 0 Å². The summed E-state index contributed by atoms with van der Waals surface area (Å²) in [6, 6.07) is 21.8. The average molecular weight is 400 g/mol. The number of imidazole rings is 1. The van der Waals surface area contributed by atoms with E-state index in [-0.39, 0.29) is 23.7 Å². The number of rotatable bonds is 6.